The number of aromatic nitrogens is 3. The number of likely N-dealkylation sites (tertiary alicyclic amines) is 1. The molecule has 0 radical (unpaired) electrons. The number of aromatic amines is 1. The van der Waals surface area contributed by atoms with Crippen LogP contribution in [0.5, 0.6) is 0 Å². The third kappa shape index (κ3) is 2.92. The molecule has 126 valence electrons. The van der Waals surface area contributed by atoms with Gasteiger partial charge in [-0.25, -0.2) is 16.5 Å². The molecule has 2 atom stereocenters. The molecule has 0 aliphatic carbocycles. The van der Waals surface area contributed by atoms with Gasteiger partial charge in [0.2, 0.25) is 0 Å². The van der Waals surface area contributed by atoms with Gasteiger partial charge in [-0.15, -0.1) is 0 Å². The van der Waals surface area contributed by atoms with E-state index in [9.17, 15) is 4.79 Å². The molecule has 24 heavy (non-hydrogen) atoms. The molecule has 7 nitrogen and oxygen atoms in total. The lowest BCUT2D eigenvalue weighted by Gasteiger charge is -2.41. The van der Waals surface area contributed by atoms with Gasteiger partial charge in [-0.05, 0) is 25.3 Å². The number of nitrogens with one attached hydrogen (secondary N) is 1. The van der Waals surface area contributed by atoms with E-state index in [0.717, 1.165) is 0 Å². The van der Waals surface area contributed by atoms with Gasteiger partial charge in [0.15, 0.2) is 0 Å². The molecule has 1 aliphatic heterocycles. The Kier molecular flexibility index (Phi) is 2.29. The van der Waals surface area contributed by atoms with Crippen molar-refractivity contribution in [3.63, 3.8) is 0 Å². The van der Waals surface area contributed by atoms with Crippen LogP contribution in [0, 0.1) is 19.4 Å². The first-order chi connectivity index (χ1) is 14.9. The van der Waals surface area contributed by atoms with Gasteiger partial charge in [-0.3, -0.25) is 4.79 Å². The van der Waals surface area contributed by atoms with Gasteiger partial charge in [-0.2, -0.15) is 0 Å². The summed E-state index contributed by atoms with van der Waals surface area (Å²) in [5, 5.41) is 0.226. The van der Waals surface area contributed by atoms with Gasteiger partial charge in [0, 0.05) is 31.2 Å². The number of hydrogen-bond acceptors (Lipinski definition) is 4. The molecule has 0 bridgehead atoms. The molecule has 1 N–H and O–H groups in total. The SMILES string of the molecule is [2H]c1c(C)[nH]c2ncnc(N(C)[C@@H]3[C@H](C)C([2H])([2H])C([2H])([2H])N(C(=O)C([2H])([2H])[N+]#[C-])C3([2H])[2H])c12. The van der Waals surface area contributed by atoms with Crippen LogP contribution in [0.15, 0.2) is 12.4 Å². The highest BCUT2D eigenvalue weighted by molar-refractivity contribution is 5.88. The second-order valence-electron chi connectivity index (χ2n) is 5.39. The van der Waals surface area contributed by atoms with E-state index in [-0.39, 0.29) is 27.8 Å². The van der Waals surface area contributed by atoms with Gasteiger partial charge in [0.05, 0.1) is 15.5 Å². The number of H-pyrrole nitrogens is 1. The molecule has 0 unspecified atom stereocenters. The fraction of sp³-hybridized carbons (Fsp3) is 0.529. The zero-order valence-electron chi connectivity index (χ0n) is 22.4. The van der Waals surface area contributed by atoms with E-state index in [0.29, 0.717) is 5.69 Å². The first-order valence-electron chi connectivity index (χ1n) is 11.7. The normalized spacial score (nSPS) is 33.2. The smallest absolute Gasteiger partial charge is 0.302 e. The number of likely N-dealkylation sites (N-methyl/N-ethyl adjacent to an activating group) is 1. The van der Waals surface area contributed by atoms with Crippen LogP contribution in [0.4, 0.5) is 5.82 Å². The van der Waals surface area contributed by atoms with Crippen molar-refractivity contribution in [2.75, 3.05) is 31.4 Å². The third-order valence-electron chi connectivity index (χ3n) is 3.69. The van der Waals surface area contributed by atoms with Crippen molar-refractivity contribution in [1.82, 2.24) is 19.9 Å². The molecule has 0 spiro atoms. The van der Waals surface area contributed by atoms with E-state index in [1.165, 1.54) is 25.2 Å². The number of fused-ring (bicyclic) bond motifs is 1. The van der Waals surface area contributed by atoms with E-state index in [4.69, 9.17) is 18.9 Å². The van der Waals surface area contributed by atoms with Crippen LogP contribution in [0.1, 0.15) is 31.3 Å². The van der Waals surface area contributed by atoms with E-state index in [2.05, 4.69) is 19.8 Å². The van der Waals surface area contributed by atoms with Crippen molar-refractivity contribution in [3.05, 3.63) is 29.5 Å². The molecule has 2 aromatic rings. The fourth-order valence-corrected chi connectivity index (χ4v) is 2.53. The molecule has 1 amide bonds. The highest BCUT2D eigenvalue weighted by Crippen LogP contribution is 2.29. The Hall–Kier alpha value is -2.62. The molecule has 2 aromatic heterocycles. The number of nitrogens with zero attached hydrogens (tertiary/aromatic N) is 5. The highest BCUT2D eigenvalue weighted by atomic mass is 16.2. The molecule has 0 aromatic carbocycles. The summed E-state index contributed by atoms with van der Waals surface area (Å²) in [5.74, 6) is -3.16. The zero-order chi connectivity index (χ0) is 25.3. The fourth-order valence-electron chi connectivity index (χ4n) is 2.53. The van der Waals surface area contributed by atoms with Crippen LogP contribution in [0.3, 0.4) is 0 Å². The van der Waals surface area contributed by atoms with Crippen LogP contribution in [-0.2, 0) is 4.79 Å². The topological polar surface area (TPSA) is 69.5 Å². The van der Waals surface area contributed by atoms with E-state index in [1.807, 2.05) is 0 Å². The first-order valence-corrected chi connectivity index (χ1v) is 7.20. The minimum Gasteiger partial charge on any atom is -0.354 e. The Morgan fingerprint density at radius 2 is 2.50 bits per heavy atom. The summed E-state index contributed by atoms with van der Waals surface area (Å²) in [6.07, 6.45) is -1.68. The van der Waals surface area contributed by atoms with Crippen molar-refractivity contribution in [2.45, 2.75) is 26.3 Å². The number of rotatable bonds is 3. The Morgan fingerprint density at radius 3 is 3.25 bits per heavy atom. The van der Waals surface area contributed by atoms with E-state index < -0.39 is 43.7 Å². The number of carbonyl (C=O) groups is 1. The molecule has 3 heterocycles. The van der Waals surface area contributed by atoms with Gasteiger partial charge >= 0.3 is 5.91 Å². The predicted octanol–water partition coefficient (Wildman–Crippen LogP) is 1.86. The highest BCUT2D eigenvalue weighted by Gasteiger charge is 2.33. The predicted molar refractivity (Wildman–Crippen MR) is 92.6 cm³/mol. The molecular weight excluding hydrogens is 304 g/mol. The summed E-state index contributed by atoms with van der Waals surface area (Å²) in [6.45, 7) is 0.290. The van der Waals surface area contributed by atoms with Crippen molar-refractivity contribution < 1.29 is 17.1 Å². The second kappa shape index (κ2) is 6.48. The van der Waals surface area contributed by atoms with Gasteiger partial charge in [-0.1, -0.05) is 6.92 Å². The minimum absolute atomic E-state index is 0.0343. The molecule has 7 heteroatoms. The maximum Gasteiger partial charge on any atom is 0.302 e. The largest absolute Gasteiger partial charge is 0.354 e. The Balaban J connectivity index is 2.26. The lowest BCUT2D eigenvalue weighted by molar-refractivity contribution is -0.130. The van der Waals surface area contributed by atoms with Gasteiger partial charge in [0.1, 0.15) is 20.5 Å². The Bertz CT molecular complexity index is 1160. The Morgan fingerprint density at radius 1 is 1.71 bits per heavy atom. The summed E-state index contributed by atoms with van der Waals surface area (Å²) in [5.41, 5.74) is 0.752. The van der Waals surface area contributed by atoms with Crippen molar-refractivity contribution in [3.8, 4) is 0 Å². The molecule has 3 rings (SSSR count). The maximum absolute atomic E-state index is 12.9. The summed E-state index contributed by atoms with van der Waals surface area (Å²) < 4.78 is 74.3. The maximum atomic E-state index is 12.9. The number of amides is 1. The number of piperidine rings is 1. The lowest BCUT2D eigenvalue weighted by Crippen LogP contribution is -2.53. The van der Waals surface area contributed by atoms with E-state index in [1.54, 1.807) is 6.92 Å². The minimum atomic E-state index is -3.31. The monoisotopic (exact) mass is 335 g/mol. The van der Waals surface area contributed by atoms with Crippen molar-refractivity contribution >= 4 is 22.8 Å². The van der Waals surface area contributed by atoms with Crippen LogP contribution in [0.2, 0.25) is 0 Å². The van der Waals surface area contributed by atoms with Gasteiger partial charge in [0.25, 0.3) is 6.50 Å². The third-order valence-corrected chi connectivity index (χ3v) is 3.69. The molecule has 0 saturated carbocycles. The number of hydrogen-bond donors (Lipinski definition) is 1. The Labute approximate surface area is 154 Å². The molecule has 1 aliphatic rings. The number of anilines is 1. The van der Waals surface area contributed by atoms with Crippen LogP contribution >= 0.6 is 0 Å². The average molecular weight is 335 g/mol. The summed E-state index contributed by atoms with van der Waals surface area (Å²) in [6, 6.07) is -1.54. The molecule has 1 saturated heterocycles. The number of aryl methyl sites for hydroxylation is 1. The quantitative estimate of drug-likeness (QED) is 0.869. The summed E-state index contributed by atoms with van der Waals surface area (Å²) in [4.78, 5) is 27.6. The zero-order valence-corrected chi connectivity index (χ0v) is 13.4. The molecular formula is C17H22N6O. The van der Waals surface area contributed by atoms with Crippen LogP contribution in [-0.4, -0.2) is 58.3 Å². The van der Waals surface area contributed by atoms with Crippen LogP contribution in [0.25, 0.3) is 15.9 Å². The van der Waals surface area contributed by atoms with Crippen LogP contribution < -0.4 is 4.90 Å². The molecule has 1 fully saturated rings. The first kappa shape index (κ1) is 8.47. The second-order valence-corrected chi connectivity index (χ2v) is 5.39. The summed E-state index contributed by atoms with van der Waals surface area (Å²) >= 11 is 0. The standard InChI is InChI=1S/C17H22N6O/c1-11-5-6-23(15(24)8-18-3)9-14(11)22(4)17-13-7-12(2)21-16(13)19-10-20-17/h7,10-11,14H,5-6,8-9H2,1-2,4H3,(H,19,20,21)/t11-,14+/m1/s1/i5D2,6D2,7D,8D2,9D2. The van der Waals surface area contributed by atoms with Crippen molar-refractivity contribution in [1.29, 1.82) is 0 Å². The van der Waals surface area contributed by atoms with Gasteiger partial charge < -0.3 is 19.6 Å². The van der Waals surface area contributed by atoms with Crippen molar-refractivity contribution in [2.24, 2.45) is 5.92 Å². The number of carbonyl (C=O) groups excluding carboxylic acids is 1. The van der Waals surface area contributed by atoms with E-state index >= 15 is 0 Å². The lowest BCUT2D eigenvalue weighted by atomic mass is 9.92. The average Bonchev–Trinajstić information content (AvgIpc) is 3.00. The summed E-state index contributed by atoms with van der Waals surface area (Å²) in [7, 11) is 1.37.